The normalized spacial score (nSPS) is 25.0. The molecule has 3 rings (SSSR count). The fourth-order valence-corrected chi connectivity index (χ4v) is 3.36. The van der Waals surface area contributed by atoms with Gasteiger partial charge in [0.15, 0.2) is 0 Å². The molecule has 1 heteroatoms. The molecule has 1 atom stereocenters. The first-order valence-electron chi connectivity index (χ1n) is 4.32. The summed E-state index contributed by atoms with van der Waals surface area (Å²) in [4.78, 5) is 0. The Morgan fingerprint density at radius 2 is 2.17 bits per heavy atom. The summed E-state index contributed by atoms with van der Waals surface area (Å²) < 4.78 is 0. The standard InChI is InChI=1S/C11H10S/c1-2-4-10-8(3-1)5-9-6-12-7-11(9)10/h1-5,11H,6-7H2. The molecule has 0 aromatic heterocycles. The van der Waals surface area contributed by atoms with Gasteiger partial charge in [-0.1, -0.05) is 35.9 Å². The van der Waals surface area contributed by atoms with E-state index in [1.807, 2.05) is 0 Å². The van der Waals surface area contributed by atoms with Crippen LogP contribution in [-0.4, -0.2) is 11.5 Å². The van der Waals surface area contributed by atoms with Crippen molar-refractivity contribution in [2.24, 2.45) is 0 Å². The minimum atomic E-state index is 0.756. The highest BCUT2D eigenvalue weighted by molar-refractivity contribution is 7.99. The number of hydrogen-bond acceptors (Lipinski definition) is 1. The average molecular weight is 174 g/mol. The van der Waals surface area contributed by atoms with Crippen LogP contribution in [0, 0.1) is 0 Å². The molecule has 12 heavy (non-hydrogen) atoms. The van der Waals surface area contributed by atoms with E-state index in [9.17, 15) is 0 Å². The monoisotopic (exact) mass is 174 g/mol. The van der Waals surface area contributed by atoms with Gasteiger partial charge in [0, 0.05) is 17.4 Å². The van der Waals surface area contributed by atoms with Crippen molar-refractivity contribution >= 4 is 17.8 Å². The topological polar surface area (TPSA) is 0 Å². The van der Waals surface area contributed by atoms with E-state index in [1.54, 1.807) is 11.1 Å². The quantitative estimate of drug-likeness (QED) is 0.582. The fraction of sp³-hybridized carbons (Fsp3) is 0.273. The van der Waals surface area contributed by atoms with Gasteiger partial charge in [-0.3, -0.25) is 0 Å². The summed E-state index contributed by atoms with van der Waals surface area (Å²) in [5, 5.41) is 0. The second-order valence-electron chi connectivity index (χ2n) is 3.42. The SMILES string of the molecule is C1=C2CSCC2c2ccccc21. The number of thioether (sulfide) groups is 1. The van der Waals surface area contributed by atoms with Crippen molar-refractivity contribution in [1.29, 1.82) is 0 Å². The van der Waals surface area contributed by atoms with Crippen molar-refractivity contribution in [2.75, 3.05) is 11.5 Å². The van der Waals surface area contributed by atoms with Gasteiger partial charge in [0.25, 0.3) is 0 Å². The minimum absolute atomic E-state index is 0.756. The second-order valence-corrected chi connectivity index (χ2v) is 4.45. The number of rotatable bonds is 0. The fourth-order valence-electron chi connectivity index (χ4n) is 2.09. The lowest BCUT2D eigenvalue weighted by Gasteiger charge is -2.05. The molecule has 1 fully saturated rings. The third-order valence-corrected chi connectivity index (χ3v) is 3.82. The maximum Gasteiger partial charge on any atom is 0.0156 e. The highest BCUT2D eigenvalue weighted by atomic mass is 32.2. The lowest BCUT2D eigenvalue weighted by Crippen LogP contribution is -1.94. The van der Waals surface area contributed by atoms with Crippen molar-refractivity contribution in [3.05, 3.63) is 41.0 Å². The molecule has 2 aliphatic rings. The van der Waals surface area contributed by atoms with E-state index >= 15 is 0 Å². The van der Waals surface area contributed by atoms with Gasteiger partial charge in [-0.15, -0.1) is 0 Å². The zero-order valence-electron chi connectivity index (χ0n) is 6.79. The Kier molecular flexibility index (Phi) is 1.36. The first-order chi connectivity index (χ1) is 5.95. The van der Waals surface area contributed by atoms with Crippen LogP contribution in [0.15, 0.2) is 29.8 Å². The van der Waals surface area contributed by atoms with E-state index in [1.165, 1.54) is 17.1 Å². The van der Waals surface area contributed by atoms with Crippen LogP contribution in [-0.2, 0) is 0 Å². The van der Waals surface area contributed by atoms with E-state index in [0.717, 1.165) is 5.92 Å². The highest BCUT2D eigenvalue weighted by Gasteiger charge is 2.28. The predicted octanol–water partition coefficient (Wildman–Crippen LogP) is 2.91. The molecule has 0 N–H and O–H groups in total. The summed E-state index contributed by atoms with van der Waals surface area (Å²) in [6, 6.07) is 8.78. The molecule has 1 aliphatic carbocycles. The summed E-state index contributed by atoms with van der Waals surface area (Å²) >= 11 is 2.06. The molecule has 0 radical (unpaired) electrons. The Morgan fingerprint density at radius 1 is 1.25 bits per heavy atom. The Balaban J connectivity index is 2.18. The van der Waals surface area contributed by atoms with E-state index in [0.29, 0.717) is 0 Å². The zero-order valence-corrected chi connectivity index (χ0v) is 7.60. The van der Waals surface area contributed by atoms with Gasteiger partial charge in [-0.2, -0.15) is 11.8 Å². The molecule has 0 nitrogen and oxygen atoms in total. The molecule has 1 aromatic rings. The minimum Gasteiger partial charge on any atom is -0.157 e. The van der Waals surface area contributed by atoms with Gasteiger partial charge in [-0.25, -0.2) is 0 Å². The third kappa shape index (κ3) is 0.802. The van der Waals surface area contributed by atoms with Crippen LogP contribution in [0.3, 0.4) is 0 Å². The van der Waals surface area contributed by atoms with Crippen molar-refractivity contribution in [3.63, 3.8) is 0 Å². The van der Waals surface area contributed by atoms with Crippen LogP contribution < -0.4 is 0 Å². The molecule has 60 valence electrons. The first kappa shape index (κ1) is 6.79. The Bertz CT molecular complexity index is 352. The maximum atomic E-state index is 2.38. The van der Waals surface area contributed by atoms with Crippen molar-refractivity contribution in [1.82, 2.24) is 0 Å². The molecule has 1 saturated heterocycles. The molecular formula is C11H10S. The summed E-state index contributed by atoms with van der Waals surface area (Å²) in [6.07, 6.45) is 2.38. The van der Waals surface area contributed by atoms with Crippen LogP contribution in [0.25, 0.3) is 6.08 Å². The number of hydrogen-bond donors (Lipinski definition) is 0. The van der Waals surface area contributed by atoms with Crippen LogP contribution in [0.4, 0.5) is 0 Å². The summed E-state index contributed by atoms with van der Waals surface area (Å²) in [7, 11) is 0. The summed E-state index contributed by atoms with van der Waals surface area (Å²) in [5.74, 6) is 3.30. The number of fused-ring (bicyclic) bond motifs is 3. The third-order valence-electron chi connectivity index (χ3n) is 2.71. The van der Waals surface area contributed by atoms with Crippen LogP contribution in [0.5, 0.6) is 0 Å². The molecule has 0 bridgehead atoms. The zero-order chi connectivity index (χ0) is 7.97. The Morgan fingerprint density at radius 3 is 3.17 bits per heavy atom. The molecule has 0 saturated carbocycles. The lowest BCUT2D eigenvalue weighted by molar-refractivity contribution is 0.970. The smallest absolute Gasteiger partial charge is 0.0156 e. The van der Waals surface area contributed by atoms with Gasteiger partial charge in [0.2, 0.25) is 0 Å². The maximum absolute atomic E-state index is 2.38. The van der Waals surface area contributed by atoms with Crippen molar-refractivity contribution < 1.29 is 0 Å². The van der Waals surface area contributed by atoms with E-state index in [2.05, 4.69) is 42.1 Å². The molecule has 1 heterocycles. The summed E-state index contributed by atoms with van der Waals surface area (Å²) in [6.45, 7) is 0. The van der Waals surface area contributed by atoms with Gasteiger partial charge in [-0.05, 0) is 11.1 Å². The first-order valence-corrected chi connectivity index (χ1v) is 5.48. The highest BCUT2D eigenvalue weighted by Crippen LogP contribution is 2.44. The molecular weight excluding hydrogens is 164 g/mol. The van der Waals surface area contributed by atoms with Gasteiger partial charge in [0.1, 0.15) is 0 Å². The Labute approximate surface area is 76.7 Å². The largest absolute Gasteiger partial charge is 0.157 e. The second kappa shape index (κ2) is 2.40. The van der Waals surface area contributed by atoms with Crippen LogP contribution in [0.2, 0.25) is 0 Å². The molecule has 1 aliphatic heterocycles. The number of benzene rings is 1. The molecule has 0 spiro atoms. The van der Waals surface area contributed by atoms with E-state index in [4.69, 9.17) is 0 Å². The Hall–Kier alpha value is -0.690. The van der Waals surface area contributed by atoms with Crippen molar-refractivity contribution in [3.8, 4) is 0 Å². The van der Waals surface area contributed by atoms with E-state index in [-0.39, 0.29) is 0 Å². The van der Waals surface area contributed by atoms with Gasteiger partial charge in [0.05, 0.1) is 0 Å². The lowest BCUT2D eigenvalue weighted by atomic mass is 9.99. The van der Waals surface area contributed by atoms with E-state index < -0.39 is 0 Å². The van der Waals surface area contributed by atoms with Gasteiger partial charge < -0.3 is 0 Å². The average Bonchev–Trinajstić information content (AvgIpc) is 2.62. The van der Waals surface area contributed by atoms with Crippen molar-refractivity contribution in [2.45, 2.75) is 5.92 Å². The predicted molar refractivity (Wildman–Crippen MR) is 54.5 cm³/mol. The molecule has 1 aromatic carbocycles. The summed E-state index contributed by atoms with van der Waals surface area (Å²) in [5.41, 5.74) is 4.65. The van der Waals surface area contributed by atoms with Crippen LogP contribution in [0.1, 0.15) is 17.0 Å². The molecule has 1 unspecified atom stereocenters. The van der Waals surface area contributed by atoms with Crippen LogP contribution >= 0.6 is 11.8 Å². The molecule has 0 amide bonds. The van der Waals surface area contributed by atoms with Gasteiger partial charge >= 0.3 is 0 Å².